The average Bonchev–Trinajstić information content (AvgIpc) is 2.75. The van der Waals surface area contributed by atoms with E-state index in [0.717, 1.165) is 32.2 Å². The molecule has 0 saturated heterocycles. The molecule has 7 heteroatoms. The monoisotopic (exact) mass is 437 g/mol. The number of aromatic hydroxyl groups is 1. The van der Waals surface area contributed by atoms with Crippen LogP contribution in [0.15, 0.2) is 48.5 Å². The molecular weight excluding hydrogens is 404 g/mol. The van der Waals surface area contributed by atoms with Gasteiger partial charge in [-0.15, -0.1) is 0 Å². The summed E-state index contributed by atoms with van der Waals surface area (Å²) in [4.78, 5) is 0. The summed E-state index contributed by atoms with van der Waals surface area (Å²) in [6.45, 7) is 0.586. The zero-order valence-corrected chi connectivity index (χ0v) is 17.8. The van der Waals surface area contributed by atoms with Crippen LogP contribution in [-0.4, -0.2) is 47.5 Å². The quantitative estimate of drug-likeness (QED) is 0.317. The number of nitrogens with one attached hydrogen (secondary N) is 1. The van der Waals surface area contributed by atoms with Crippen LogP contribution in [-0.2, 0) is 17.8 Å². The van der Waals surface area contributed by atoms with Crippen LogP contribution in [0.3, 0.4) is 0 Å². The topological polar surface area (TPSA) is 82.0 Å². The minimum absolute atomic E-state index is 0.00954. The summed E-state index contributed by atoms with van der Waals surface area (Å²) in [5, 5.41) is 32.1. The van der Waals surface area contributed by atoms with E-state index in [-0.39, 0.29) is 18.8 Å². The van der Waals surface area contributed by atoms with Gasteiger partial charge in [-0.2, -0.15) is 0 Å². The number of rotatable bonds is 15. The molecule has 5 nitrogen and oxygen atoms in total. The van der Waals surface area contributed by atoms with Crippen molar-refractivity contribution in [3.8, 4) is 5.75 Å². The number of ether oxygens (including phenoxy) is 1. The van der Waals surface area contributed by atoms with Gasteiger partial charge in [-0.1, -0.05) is 49.2 Å². The van der Waals surface area contributed by atoms with E-state index >= 15 is 0 Å². The van der Waals surface area contributed by atoms with Crippen molar-refractivity contribution in [2.24, 2.45) is 0 Å². The van der Waals surface area contributed by atoms with Gasteiger partial charge in [0.05, 0.1) is 12.7 Å². The van der Waals surface area contributed by atoms with Crippen LogP contribution in [0.4, 0.5) is 8.78 Å². The van der Waals surface area contributed by atoms with Gasteiger partial charge in [0.1, 0.15) is 12.4 Å². The number of alkyl halides is 2. The second kappa shape index (κ2) is 13.4. The van der Waals surface area contributed by atoms with Crippen LogP contribution in [0.25, 0.3) is 0 Å². The van der Waals surface area contributed by atoms with Gasteiger partial charge < -0.3 is 25.4 Å². The van der Waals surface area contributed by atoms with E-state index in [1.54, 1.807) is 42.5 Å². The van der Waals surface area contributed by atoms with Gasteiger partial charge in [0.25, 0.3) is 5.92 Å². The minimum Gasteiger partial charge on any atom is -0.508 e. The second-order valence-corrected chi connectivity index (χ2v) is 7.75. The first-order valence-corrected chi connectivity index (χ1v) is 10.7. The highest BCUT2D eigenvalue weighted by atomic mass is 19.3. The number of unbranched alkanes of at least 4 members (excludes halogenated alkanes) is 3. The molecule has 4 N–H and O–H groups in total. The summed E-state index contributed by atoms with van der Waals surface area (Å²) in [5.41, 5.74) is 1.63. The van der Waals surface area contributed by atoms with E-state index in [2.05, 4.69) is 5.32 Å². The molecule has 0 aliphatic heterocycles. The van der Waals surface area contributed by atoms with Gasteiger partial charge in [0, 0.05) is 25.1 Å². The standard InChI is InChI=1S/C24H33F2NO4/c25-24(26,15-19-8-4-3-5-9-19)18-31-13-7-2-1-6-12-27-16-23(30)20-10-11-22(29)21(14-20)17-28/h3-5,8-11,14,23,27-30H,1-2,6-7,12-13,15-18H2/t23-/m1/s1. The van der Waals surface area contributed by atoms with Crippen molar-refractivity contribution in [1.29, 1.82) is 0 Å². The molecule has 2 aromatic rings. The highest BCUT2D eigenvalue weighted by Crippen LogP contribution is 2.22. The largest absolute Gasteiger partial charge is 0.508 e. The number of aliphatic hydroxyl groups is 2. The molecule has 0 amide bonds. The summed E-state index contributed by atoms with van der Waals surface area (Å²) < 4.78 is 33.0. The maximum atomic E-state index is 13.9. The van der Waals surface area contributed by atoms with Crippen molar-refractivity contribution in [2.75, 3.05) is 26.3 Å². The molecule has 0 aliphatic carbocycles. The molecule has 0 heterocycles. The molecule has 0 unspecified atom stereocenters. The molecule has 31 heavy (non-hydrogen) atoms. The SMILES string of the molecule is OCc1cc([C@H](O)CNCCCCCCOCC(F)(F)Cc2ccccc2)ccc1O. The Balaban J connectivity index is 1.48. The molecule has 0 radical (unpaired) electrons. The molecule has 0 aromatic heterocycles. The fourth-order valence-electron chi connectivity index (χ4n) is 3.27. The zero-order chi connectivity index (χ0) is 22.5. The Bertz CT molecular complexity index is 758. The Labute approximate surface area is 182 Å². The number of hydrogen-bond donors (Lipinski definition) is 4. The maximum Gasteiger partial charge on any atom is 0.274 e. The number of aliphatic hydroxyl groups excluding tert-OH is 2. The molecule has 0 aliphatic rings. The number of halogens is 2. The van der Waals surface area contributed by atoms with Crippen LogP contribution in [0.2, 0.25) is 0 Å². The van der Waals surface area contributed by atoms with E-state index in [1.807, 2.05) is 0 Å². The zero-order valence-electron chi connectivity index (χ0n) is 17.8. The van der Waals surface area contributed by atoms with Gasteiger partial charge in [0.15, 0.2) is 0 Å². The third-order valence-corrected chi connectivity index (χ3v) is 5.01. The highest BCUT2D eigenvalue weighted by Gasteiger charge is 2.29. The molecule has 2 aromatic carbocycles. The van der Waals surface area contributed by atoms with Crippen molar-refractivity contribution in [3.63, 3.8) is 0 Å². The van der Waals surface area contributed by atoms with E-state index in [9.17, 15) is 24.1 Å². The number of benzene rings is 2. The second-order valence-electron chi connectivity index (χ2n) is 7.75. The predicted molar refractivity (Wildman–Crippen MR) is 116 cm³/mol. The molecule has 0 fully saturated rings. The Morgan fingerprint density at radius 2 is 1.74 bits per heavy atom. The summed E-state index contributed by atoms with van der Waals surface area (Å²) in [6.07, 6.45) is 2.46. The van der Waals surface area contributed by atoms with Crippen molar-refractivity contribution in [1.82, 2.24) is 5.32 Å². The van der Waals surface area contributed by atoms with Crippen LogP contribution < -0.4 is 5.32 Å². The van der Waals surface area contributed by atoms with E-state index in [4.69, 9.17) is 4.74 Å². The lowest BCUT2D eigenvalue weighted by molar-refractivity contribution is -0.0765. The molecular formula is C24H33F2NO4. The summed E-state index contributed by atoms with van der Waals surface area (Å²) in [5.74, 6) is -2.85. The average molecular weight is 438 g/mol. The Hall–Kier alpha value is -2.06. The van der Waals surface area contributed by atoms with Crippen LogP contribution in [0, 0.1) is 0 Å². The van der Waals surface area contributed by atoms with E-state index < -0.39 is 18.6 Å². The lowest BCUT2D eigenvalue weighted by Crippen LogP contribution is -2.26. The lowest BCUT2D eigenvalue weighted by Gasteiger charge is -2.16. The van der Waals surface area contributed by atoms with Gasteiger partial charge in [-0.3, -0.25) is 0 Å². The number of hydrogen-bond acceptors (Lipinski definition) is 5. The van der Waals surface area contributed by atoms with E-state index in [1.165, 1.54) is 6.07 Å². The van der Waals surface area contributed by atoms with Gasteiger partial charge in [-0.05, 0) is 42.6 Å². The first kappa shape index (κ1) is 25.2. The fraction of sp³-hybridized carbons (Fsp3) is 0.500. The normalized spacial score (nSPS) is 12.8. The van der Waals surface area contributed by atoms with E-state index in [0.29, 0.717) is 29.8 Å². The Kier molecular flexibility index (Phi) is 10.9. The summed E-state index contributed by atoms with van der Waals surface area (Å²) in [6, 6.07) is 13.4. The predicted octanol–water partition coefficient (Wildman–Crippen LogP) is 3.96. The molecule has 0 spiro atoms. The van der Waals surface area contributed by atoms with Crippen molar-refractivity contribution in [3.05, 3.63) is 65.2 Å². The number of phenols is 1. The Morgan fingerprint density at radius 1 is 1.00 bits per heavy atom. The third-order valence-electron chi connectivity index (χ3n) is 5.01. The first-order chi connectivity index (χ1) is 14.9. The van der Waals surface area contributed by atoms with Crippen LogP contribution in [0.5, 0.6) is 5.75 Å². The third kappa shape index (κ3) is 9.74. The van der Waals surface area contributed by atoms with Crippen LogP contribution in [0.1, 0.15) is 48.5 Å². The smallest absolute Gasteiger partial charge is 0.274 e. The highest BCUT2D eigenvalue weighted by molar-refractivity contribution is 5.36. The molecule has 0 bridgehead atoms. The summed E-state index contributed by atoms with van der Waals surface area (Å²) in [7, 11) is 0. The van der Waals surface area contributed by atoms with Crippen molar-refractivity contribution >= 4 is 0 Å². The van der Waals surface area contributed by atoms with Crippen molar-refractivity contribution < 1.29 is 28.8 Å². The van der Waals surface area contributed by atoms with Crippen molar-refractivity contribution in [2.45, 2.75) is 50.7 Å². The first-order valence-electron chi connectivity index (χ1n) is 10.7. The lowest BCUT2D eigenvalue weighted by atomic mass is 10.1. The molecule has 2 rings (SSSR count). The van der Waals surface area contributed by atoms with Crippen LogP contribution >= 0.6 is 0 Å². The van der Waals surface area contributed by atoms with Gasteiger partial charge in [-0.25, -0.2) is 8.78 Å². The van der Waals surface area contributed by atoms with Gasteiger partial charge in [0.2, 0.25) is 0 Å². The molecule has 0 saturated carbocycles. The Morgan fingerprint density at radius 3 is 2.48 bits per heavy atom. The molecule has 1 atom stereocenters. The summed E-state index contributed by atoms with van der Waals surface area (Å²) >= 11 is 0. The maximum absolute atomic E-state index is 13.9. The fourth-order valence-corrected chi connectivity index (χ4v) is 3.27. The minimum atomic E-state index is -2.86. The molecule has 172 valence electrons. The van der Waals surface area contributed by atoms with Gasteiger partial charge >= 0.3 is 0 Å².